The lowest BCUT2D eigenvalue weighted by Crippen LogP contribution is -2.51. The van der Waals surface area contributed by atoms with E-state index in [1.807, 2.05) is 9.80 Å². The second kappa shape index (κ2) is 6.77. The number of hydrogen-bond acceptors (Lipinski definition) is 5. The molecule has 1 saturated heterocycles. The van der Waals surface area contributed by atoms with Gasteiger partial charge in [0.05, 0.1) is 0 Å². The molecule has 2 amide bonds. The molecule has 0 unspecified atom stereocenters. The van der Waals surface area contributed by atoms with Gasteiger partial charge in [-0.15, -0.1) is 0 Å². The molecule has 1 aromatic heterocycles. The molecule has 1 aromatic rings. The van der Waals surface area contributed by atoms with Crippen molar-refractivity contribution in [2.75, 3.05) is 26.2 Å². The van der Waals surface area contributed by atoms with E-state index >= 15 is 0 Å². The average Bonchev–Trinajstić information content (AvgIpc) is 3.55. The van der Waals surface area contributed by atoms with E-state index in [0.29, 0.717) is 56.7 Å². The summed E-state index contributed by atoms with van der Waals surface area (Å²) < 4.78 is 5.24. The Balaban J connectivity index is 1.16. The van der Waals surface area contributed by atoms with Crippen molar-refractivity contribution in [2.24, 2.45) is 11.8 Å². The summed E-state index contributed by atoms with van der Waals surface area (Å²) in [6.45, 7) is 4.76. The van der Waals surface area contributed by atoms with Crippen molar-refractivity contribution in [1.29, 1.82) is 0 Å². The summed E-state index contributed by atoms with van der Waals surface area (Å²) in [6.07, 6.45) is 5.22. The molecule has 25 heavy (non-hydrogen) atoms. The van der Waals surface area contributed by atoms with Gasteiger partial charge in [0.1, 0.15) is 0 Å². The molecule has 0 bridgehead atoms. The summed E-state index contributed by atoms with van der Waals surface area (Å²) in [5, 5.41) is 4.00. The number of hydrogen-bond donors (Lipinski definition) is 0. The molecular weight excluding hydrogens is 320 g/mol. The van der Waals surface area contributed by atoms with E-state index in [1.165, 1.54) is 0 Å². The molecule has 2 atom stereocenters. The number of rotatable bonds is 6. The zero-order chi connectivity index (χ0) is 17.4. The maximum Gasteiger partial charge on any atom is 0.226 e. The van der Waals surface area contributed by atoms with E-state index in [9.17, 15) is 9.59 Å². The smallest absolute Gasteiger partial charge is 0.226 e. The molecular formula is C18H26N4O3. The molecule has 7 nitrogen and oxygen atoms in total. The van der Waals surface area contributed by atoms with Gasteiger partial charge in [-0.25, -0.2) is 0 Å². The highest BCUT2D eigenvalue weighted by molar-refractivity contribution is 5.82. The Morgan fingerprint density at radius 2 is 1.84 bits per heavy atom. The molecule has 1 aliphatic heterocycles. The van der Waals surface area contributed by atoms with Crippen LogP contribution in [0.1, 0.15) is 56.7 Å². The fraction of sp³-hybridized carbons (Fsp3) is 0.778. The number of piperazine rings is 1. The SMILES string of the molecule is C[C@@H]1C[C@H]1C(=O)N1CCN(C(=O)CCCc2nc(C3CC3)no2)CC1. The van der Waals surface area contributed by atoms with Gasteiger partial charge < -0.3 is 14.3 Å². The minimum Gasteiger partial charge on any atom is -0.339 e. The van der Waals surface area contributed by atoms with Crippen LogP contribution in [0.15, 0.2) is 4.52 Å². The molecule has 0 radical (unpaired) electrons. The number of aromatic nitrogens is 2. The van der Waals surface area contributed by atoms with E-state index in [1.54, 1.807) is 0 Å². The van der Waals surface area contributed by atoms with E-state index in [4.69, 9.17) is 4.52 Å². The Hall–Kier alpha value is -1.92. The van der Waals surface area contributed by atoms with Gasteiger partial charge in [0.2, 0.25) is 17.7 Å². The van der Waals surface area contributed by atoms with Crippen LogP contribution >= 0.6 is 0 Å². The van der Waals surface area contributed by atoms with Crippen molar-refractivity contribution in [3.63, 3.8) is 0 Å². The van der Waals surface area contributed by atoms with Gasteiger partial charge in [-0.3, -0.25) is 9.59 Å². The van der Waals surface area contributed by atoms with Gasteiger partial charge in [0.15, 0.2) is 5.82 Å². The highest BCUT2D eigenvalue weighted by atomic mass is 16.5. The van der Waals surface area contributed by atoms with Gasteiger partial charge in [-0.05, 0) is 31.6 Å². The van der Waals surface area contributed by atoms with Crippen molar-refractivity contribution < 1.29 is 14.1 Å². The number of amides is 2. The zero-order valence-corrected chi connectivity index (χ0v) is 14.8. The zero-order valence-electron chi connectivity index (χ0n) is 14.8. The van der Waals surface area contributed by atoms with E-state index < -0.39 is 0 Å². The van der Waals surface area contributed by atoms with E-state index in [-0.39, 0.29) is 17.7 Å². The third-order valence-electron chi connectivity index (χ3n) is 5.58. The third-order valence-corrected chi connectivity index (χ3v) is 5.58. The number of carbonyl (C=O) groups excluding carboxylic acids is 2. The predicted octanol–water partition coefficient (Wildman–Crippen LogP) is 1.60. The molecule has 136 valence electrons. The van der Waals surface area contributed by atoms with Crippen LogP contribution in [0.3, 0.4) is 0 Å². The lowest BCUT2D eigenvalue weighted by atomic mass is 10.2. The standard InChI is InChI=1S/C18H26N4O3/c1-12-11-14(12)18(24)22-9-7-21(8-10-22)16(23)4-2-3-15-19-17(20-25-15)13-5-6-13/h12-14H,2-11H2,1H3/t12-,14-/m1/s1. The molecule has 3 fully saturated rings. The minimum absolute atomic E-state index is 0.161. The molecule has 3 aliphatic rings. The fourth-order valence-corrected chi connectivity index (χ4v) is 3.50. The first kappa shape index (κ1) is 16.5. The Labute approximate surface area is 147 Å². The minimum atomic E-state index is 0.161. The summed E-state index contributed by atoms with van der Waals surface area (Å²) in [7, 11) is 0. The van der Waals surface area contributed by atoms with Gasteiger partial charge in [-0.2, -0.15) is 4.98 Å². The van der Waals surface area contributed by atoms with Crippen LogP contribution in [-0.4, -0.2) is 57.9 Å². The quantitative estimate of drug-likeness (QED) is 0.782. The van der Waals surface area contributed by atoms with Crippen molar-refractivity contribution in [2.45, 2.75) is 51.4 Å². The lowest BCUT2D eigenvalue weighted by Gasteiger charge is -2.35. The van der Waals surface area contributed by atoms with Crippen LogP contribution in [0.5, 0.6) is 0 Å². The van der Waals surface area contributed by atoms with E-state index in [2.05, 4.69) is 17.1 Å². The first-order chi connectivity index (χ1) is 12.1. The molecule has 0 aromatic carbocycles. The number of nitrogens with zero attached hydrogens (tertiary/aromatic N) is 4. The Morgan fingerprint density at radius 1 is 1.16 bits per heavy atom. The third kappa shape index (κ3) is 3.85. The monoisotopic (exact) mass is 346 g/mol. The second-order valence-corrected chi connectivity index (χ2v) is 7.70. The van der Waals surface area contributed by atoms with E-state index in [0.717, 1.165) is 31.5 Å². The summed E-state index contributed by atoms with van der Waals surface area (Å²) in [6, 6.07) is 0. The topological polar surface area (TPSA) is 79.5 Å². The Kier molecular flexibility index (Phi) is 4.48. The van der Waals surface area contributed by atoms with Crippen LogP contribution in [0.4, 0.5) is 0 Å². The Bertz CT molecular complexity index is 647. The Morgan fingerprint density at radius 3 is 2.48 bits per heavy atom. The average molecular weight is 346 g/mol. The summed E-state index contributed by atoms with van der Waals surface area (Å²) in [5.41, 5.74) is 0. The van der Waals surface area contributed by atoms with Gasteiger partial charge >= 0.3 is 0 Å². The highest BCUT2D eigenvalue weighted by Crippen LogP contribution is 2.39. The highest BCUT2D eigenvalue weighted by Gasteiger charge is 2.42. The van der Waals surface area contributed by atoms with Gasteiger partial charge in [0, 0.05) is 50.9 Å². The number of aryl methyl sites for hydroxylation is 1. The second-order valence-electron chi connectivity index (χ2n) is 7.70. The van der Waals surface area contributed by atoms with Crippen LogP contribution in [0.2, 0.25) is 0 Å². The maximum atomic E-state index is 12.3. The molecule has 7 heteroatoms. The summed E-state index contributed by atoms with van der Waals surface area (Å²) in [4.78, 5) is 32.8. The first-order valence-corrected chi connectivity index (χ1v) is 9.51. The van der Waals surface area contributed by atoms with Gasteiger partial charge in [0.25, 0.3) is 0 Å². The van der Waals surface area contributed by atoms with Crippen molar-refractivity contribution in [1.82, 2.24) is 19.9 Å². The fourth-order valence-electron chi connectivity index (χ4n) is 3.50. The van der Waals surface area contributed by atoms with Crippen molar-refractivity contribution >= 4 is 11.8 Å². The predicted molar refractivity (Wildman–Crippen MR) is 89.6 cm³/mol. The van der Waals surface area contributed by atoms with Gasteiger partial charge in [-0.1, -0.05) is 12.1 Å². The largest absolute Gasteiger partial charge is 0.339 e. The molecule has 0 spiro atoms. The number of carbonyl (C=O) groups is 2. The molecule has 2 saturated carbocycles. The van der Waals surface area contributed by atoms with Crippen LogP contribution in [-0.2, 0) is 16.0 Å². The van der Waals surface area contributed by atoms with Crippen molar-refractivity contribution in [3.05, 3.63) is 11.7 Å². The van der Waals surface area contributed by atoms with Crippen LogP contribution < -0.4 is 0 Å². The molecule has 0 N–H and O–H groups in total. The molecule has 4 rings (SSSR count). The lowest BCUT2D eigenvalue weighted by molar-refractivity contribution is -0.140. The normalized spacial score (nSPS) is 26.0. The van der Waals surface area contributed by atoms with Crippen LogP contribution in [0.25, 0.3) is 0 Å². The molecule has 2 heterocycles. The maximum absolute atomic E-state index is 12.3. The van der Waals surface area contributed by atoms with Crippen LogP contribution in [0, 0.1) is 11.8 Å². The van der Waals surface area contributed by atoms with Crippen molar-refractivity contribution in [3.8, 4) is 0 Å². The molecule has 2 aliphatic carbocycles. The first-order valence-electron chi connectivity index (χ1n) is 9.51. The summed E-state index contributed by atoms with van der Waals surface area (Å²) in [5.74, 6) is 3.18. The summed E-state index contributed by atoms with van der Waals surface area (Å²) >= 11 is 0.